The summed E-state index contributed by atoms with van der Waals surface area (Å²) < 4.78 is 5.20. The van der Waals surface area contributed by atoms with E-state index < -0.39 is 0 Å². The summed E-state index contributed by atoms with van der Waals surface area (Å²) >= 11 is 7.47. The van der Waals surface area contributed by atoms with Crippen molar-refractivity contribution >= 4 is 29.3 Å². The lowest BCUT2D eigenvalue weighted by atomic mass is 9.96. The number of halogens is 1. The van der Waals surface area contributed by atoms with E-state index in [1.165, 1.54) is 17.3 Å². The molecule has 0 radical (unpaired) electrons. The zero-order valence-corrected chi connectivity index (χ0v) is 15.1. The maximum atomic E-state index is 12.1. The quantitative estimate of drug-likeness (QED) is 0.748. The Bertz CT molecular complexity index is 714. The first-order valence-electron chi connectivity index (χ1n) is 7.91. The molecule has 0 spiro atoms. The van der Waals surface area contributed by atoms with Crippen LogP contribution in [0, 0.1) is 0 Å². The topological polar surface area (TPSA) is 38.3 Å². The molecule has 1 saturated carbocycles. The average molecular weight is 362 g/mol. The Balaban J connectivity index is 1.49. The number of rotatable bonds is 7. The number of ether oxygens (including phenoxy) is 1. The molecule has 1 aliphatic rings. The van der Waals surface area contributed by atoms with Crippen molar-refractivity contribution in [2.45, 2.75) is 23.2 Å². The van der Waals surface area contributed by atoms with Crippen LogP contribution in [-0.4, -0.2) is 25.3 Å². The predicted molar refractivity (Wildman–Crippen MR) is 99.1 cm³/mol. The van der Waals surface area contributed by atoms with E-state index in [0.29, 0.717) is 12.3 Å². The molecule has 1 amide bonds. The van der Waals surface area contributed by atoms with Gasteiger partial charge in [0.1, 0.15) is 5.75 Å². The van der Waals surface area contributed by atoms with Crippen LogP contribution in [0.4, 0.5) is 0 Å². The number of hydrogen-bond donors (Lipinski definition) is 1. The second-order valence-corrected chi connectivity index (χ2v) is 7.52. The molecule has 24 heavy (non-hydrogen) atoms. The largest absolute Gasteiger partial charge is 0.497 e. The van der Waals surface area contributed by atoms with Gasteiger partial charge in [0.05, 0.1) is 12.9 Å². The molecule has 0 saturated heterocycles. The minimum atomic E-state index is 0.0584. The van der Waals surface area contributed by atoms with E-state index in [2.05, 4.69) is 17.4 Å². The molecule has 126 valence electrons. The second kappa shape index (κ2) is 7.49. The van der Waals surface area contributed by atoms with Crippen LogP contribution < -0.4 is 10.1 Å². The zero-order chi connectivity index (χ0) is 17.0. The Morgan fingerprint density at radius 1 is 1.25 bits per heavy atom. The highest BCUT2D eigenvalue weighted by molar-refractivity contribution is 8.00. The van der Waals surface area contributed by atoms with Crippen molar-refractivity contribution in [3.05, 3.63) is 59.1 Å². The summed E-state index contributed by atoms with van der Waals surface area (Å²) in [6, 6.07) is 15.7. The number of nitrogens with one attached hydrogen (secondary N) is 1. The molecule has 3 nitrogen and oxygen atoms in total. The fourth-order valence-corrected chi connectivity index (χ4v) is 3.58. The summed E-state index contributed by atoms with van der Waals surface area (Å²) in [5, 5.41) is 3.82. The summed E-state index contributed by atoms with van der Waals surface area (Å²) in [6.45, 7) is 0.687. The van der Waals surface area contributed by atoms with Crippen LogP contribution in [0.2, 0.25) is 5.02 Å². The Hall–Kier alpha value is -1.65. The molecule has 3 rings (SSSR count). The Morgan fingerprint density at radius 2 is 2.00 bits per heavy atom. The molecule has 0 aliphatic heterocycles. The first-order chi connectivity index (χ1) is 11.6. The monoisotopic (exact) mass is 361 g/mol. The first-order valence-corrected chi connectivity index (χ1v) is 9.27. The minimum absolute atomic E-state index is 0.0584. The lowest BCUT2D eigenvalue weighted by Gasteiger charge is -2.16. The van der Waals surface area contributed by atoms with Gasteiger partial charge in [0.2, 0.25) is 5.91 Å². The predicted octanol–water partition coefficient (Wildman–Crippen LogP) is 4.29. The van der Waals surface area contributed by atoms with Crippen molar-refractivity contribution in [2.24, 2.45) is 0 Å². The average Bonchev–Trinajstić information content (AvgIpc) is 3.40. The highest BCUT2D eigenvalue weighted by Gasteiger charge is 2.44. The highest BCUT2D eigenvalue weighted by atomic mass is 35.5. The van der Waals surface area contributed by atoms with Crippen molar-refractivity contribution in [3.8, 4) is 5.75 Å². The number of carbonyl (C=O) groups is 1. The Morgan fingerprint density at radius 3 is 2.67 bits per heavy atom. The van der Waals surface area contributed by atoms with Crippen molar-refractivity contribution in [1.29, 1.82) is 0 Å². The molecule has 5 heteroatoms. The van der Waals surface area contributed by atoms with Gasteiger partial charge in [-0.1, -0.05) is 29.8 Å². The zero-order valence-electron chi connectivity index (χ0n) is 13.5. The summed E-state index contributed by atoms with van der Waals surface area (Å²) in [4.78, 5) is 13.2. The lowest BCUT2D eigenvalue weighted by Crippen LogP contribution is -2.33. The van der Waals surface area contributed by atoms with Crippen LogP contribution in [0.1, 0.15) is 18.4 Å². The van der Waals surface area contributed by atoms with Crippen LogP contribution in [0.5, 0.6) is 5.75 Å². The van der Waals surface area contributed by atoms with Gasteiger partial charge in [-0.2, -0.15) is 0 Å². The number of thioether (sulfide) groups is 1. The highest BCUT2D eigenvalue weighted by Crippen LogP contribution is 2.47. The van der Waals surface area contributed by atoms with Crippen molar-refractivity contribution in [3.63, 3.8) is 0 Å². The number of hydrogen-bond acceptors (Lipinski definition) is 3. The van der Waals surface area contributed by atoms with Crippen molar-refractivity contribution in [2.75, 3.05) is 19.4 Å². The van der Waals surface area contributed by atoms with Crippen molar-refractivity contribution in [1.82, 2.24) is 5.32 Å². The van der Waals surface area contributed by atoms with E-state index in [0.717, 1.165) is 28.5 Å². The molecular weight excluding hydrogens is 342 g/mol. The molecule has 2 aromatic carbocycles. The number of carbonyl (C=O) groups excluding carboxylic acids is 1. The third kappa shape index (κ3) is 4.25. The van der Waals surface area contributed by atoms with E-state index in [1.807, 2.05) is 36.4 Å². The van der Waals surface area contributed by atoms with Gasteiger partial charge in [-0.05, 0) is 48.7 Å². The van der Waals surface area contributed by atoms with Crippen LogP contribution in [0.25, 0.3) is 0 Å². The third-order valence-corrected chi connectivity index (χ3v) is 5.59. The van der Waals surface area contributed by atoms with Gasteiger partial charge in [0.25, 0.3) is 0 Å². The first kappa shape index (κ1) is 17.2. The van der Waals surface area contributed by atoms with Gasteiger partial charge in [-0.15, -0.1) is 11.8 Å². The molecular formula is C19H20ClNO2S. The summed E-state index contributed by atoms with van der Waals surface area (Å²) in [7, 11) is 1.64. The molecule has 0 unspecified atom stereocenters. The Labute approximate surface area is 151 Å². The molecule has 0 heterocycles. The molecule has 2 aromatic rings. The van der Waals surface area contributed by atoms with Gasteiger partial charge in [0, 0.05) is 21.9 Å². The maximum absolute atomic E-state index is 12.1. The third-order valence-electron chi connectivity index (χ3n) is 4.35. The lowest BCUT2D eigenvalue weighted by molar-refractivity contribution is -0.118. The molecule has 0 atom stereocenters. The SMILES string of the molecule is COc1cccc(SCC(=O)NCC2(c3ccc(Cl)cc3)CC2)c1. The second-order valence-electron chi connectivity index (χ2n) is 6.03. The van der Waals surface area contributed by atoms with Crippen LogP contribution in [0.3, 0.4) is 0 Å². The van der Waals surface area contributed by atoms with Crippen LogP contribution in [-0.2, 0) is 10.2 Å². The van der Waals surface area contributed by atoms with E-state index in [9.17, 15) is 4.79 Å². The Kier molecular flexibility index (Phi) is 5.36. The molecule has 1 N–H and O–H groups in total. The summed E-state index contributed by atoms with van der Waals surface area (Å²) in [5.74, 6) is 1.27. The minimum Gasteiger partial charge on any atom is -0.497 e. The van der Waals surface area contributed by atoms with Gasteiger partial charge in [-0.3, -0.25) is 4.79 Å². The number of methoxy groups -OCH3 is 1. The van der Waals surface area contributed by atoms with Gasteiger partial charge in [-0.25, -0.2) is 0 Å². The standard InChI is InChI=1S/C19H20ClNO2S/c1-23-16-3-2-4-17(11-16)24-12-18(22)21-13-19(9-10-19)14-5-7-15(20)8-6-14/h2-8,11H,9-10,12-13H2,1H3,(H,21,22). The molecule has 1 fully saturated rings. The normalized spacial score (nSPS) is 14.9. The van der Waals surface area contributed by atoms with E-state index in [4.69, 9.17) is 16.3 Å². The fraction of sp³-hybridized carbons (Fsp3) is 0.316. The smallest absolute Gasteiger partial charge is 0.230 e. The summed E-state index contributed by atoms with van der Waals surface area (Å²) in [5.41, 5.74) is 1.36. The maximum Gasteiger partial charge on any atom is 0.230 e. The van der Waals surface area contributed by atoms with Crippen LogP contribution >= 0.6 is 23.4 Å². The summed E-state index contributed by atoms with van der Waals surface area (Å²) in [6.07, 6.45) is 2.22. The number of amides is 1. The van der Waals surface area contributed by atoms with E-state index >= 15 is 0 Å². The van der Waals surface area contributed by atoms with Gasteiger partial charge >= 0.3 is 0 Å². The van der Waals surface area contributed by atoms with Gasteiger partial charge < -0.3 is 10.1 Å². The molecule has 1 aliphatic carbocycles. The molecule has 0 aromatic heterocycles. The van der Waals surface area contributed by atoms with Crippen molar-refractivity contribution < 1.29 is 9.53 Å². The molecule has 0 bridgehead atoms. The fourth-order valence-electron chi connectivity index (χ4n) is 2.68. The van der Waals surface area contributed by atoms with Crippen LogP contribution in [0.15, 0.2) is 53.4 Å². The van der Waals surface area contributed by atoms with Gasteiger partial charge in [0.15, 0.2) is 0 Å². The van der Waals surface area contributed by atoms with E-state index in [-0.39, 0.29) is 11.3 Å². The number of benzene rings is 2. The van der Waals surface area contributed by atoms with E-state index in [1.54, 1.807) is 7.11 Å².